The maximum atomic E-state index is 5.56. The molecule has 1 aliphatic rings. The molecular formula is C9H15N3O. The Morgan fingerprint density at radius 1 is 1.46 bits per heavy atom. The van der Waals surface area contributed by atoms with E-state index in [9.17, 15) is 0 Å². The van der Waals surface area contributed by atoms with Crippen molar-refractivity contribution in [2.45, 2.75) is 38.1 Å². The van der Waals surface area contributed by atoms with Crippen molar-refractivity contribution in [2.75, 3.05) is 7.05 Å². The summed E-state index contributed by atoms with van der Waals surface area (Å²) in [6.45, 7) is 2.01. The summed E-state index contributed by atoms with van der Waals surface area (Å²) in [6.07, 6.45) is 3.70. The zero-order valence-electron chi connectivity index (χ0n) is 8.08. The lowest BCUT2D eigenvalue weighted by Crippen LogP contribution is -2.12. The summed E-state index contributed by atoms with van der Waals surface area (Å²) < 4.78 is 5.56. The van der Waals surface area contributed by atoms with Gasteiger partial charge in [-0.15, -0.1) is 10.2 Å². The van der Waals surface area contributed by atoms with Crippen molar-refractivity contribution in [2.24, 2.45) is 0 Å². The van der Waals surface area contributed by atoms with E-state index in [-0.39, 0.29) is 6.04 Å². The van der Waals surface area contributed by atoms with Crippen LogP contribution in [0.2, 0.25) is 0 Å². The molecule has 4 heteroatoms. The molecule has 0 bridgehead atoms. The van der Waals surface area contributed by atoms with Gasteiger partial charge in [0.15, 0.2) is 0 Å². The van der Waals surface area contributed by atoms with Crippen molar-refractivity contribution >= 4 is 0 Å². The number of aromatic nitrogens is 2. The van der Waals surface area contributed by atoms with Crippen LogP contribution in [0.15, 0.2) is 4.42 Å². The molecule has 0 radical (unpaired) electrons. The van der Waals surface area contributed by atoms with Gasteiger partial charge in [-0.25, -0.2) is 0 Å². The van der Waals surface area contributed by atoms with Gasteiger partial charge in [-0.3, -0.25) is 0 Å². The van der Waals surface area contributed by atoms with Crippen molar-refractivity contribution in [3.63, 3.8) is 0 Å². The number of hydrogen-bond acceptors (Lipinski definition) is 4. The summed E-state index contributed by atoms with van der Waals surface area (Å²) in [6, 6.07) is 0.154. The monoisotopic (exact) mass is 181 g/mol. The van der Waals surface area contributed by atoms with Gasteiger partial charge in [0, 0.05) is 5.92 Å². The lowest BCUT2D eigenvalue weighted by atomic mass is 9.85. The topological polar surface area (TPSA) is 51.0 Å². The highest BCUT2D eigenvalue weighted by Gasteiger charge is 2.25. The van der Waals surface area contributed by atoms with Gasteiger partial charge in [0.1, 0.15) is 0 Å². The Bertz CT molecular complexity index is 261. The zero-order valence-corrected chi connectivity index (χ0v) is 8.08. The van der Waals surface area contributed by atoms with Crippen LogP contribution in [0.1, 0.15) is 49.9 Å². The molecule has 2 rings (SSSR count). The third kappa shape index (κ3) is 1.58. The average molecular weight is 181 g/mol. The van der Waals surface area contributed by atoms with Crippen LogP contribution in [0.25, 0.3) is 0 Å². The Labute approximate surface area is 77.7 Å². The largest absolute Gasteiger partial charge is 0.423 e. The summed E-state index contributed by atoms with van der Waals surface area (Å²) in [5, 5.41) is 11.1. The van der Waals surface area contributed by atoms with Gasteiger partial charge in [-0.2, -0.15) is 0 Å². The van der Waals surface area contributed by atoms with Crippen LogP contribution in [0.4, 0.5) is 0 Å². The van der Waals surface area contributed by atoms with Gasteiger partial charge in [0.2, 0.25) is 11.8 Å². The number of hydrogen-bond donors (Lipinski definition) is 1. The first-order valence-corrected chi connectivity index (χ1v) is 4.82. The normalized spacial score (nSPS) is 19.8. The maximum absolute atomic E-state index is 5.56. The molecule has 13 heavy (non-hydrogen) atoms. The van der Waals surface area contributed by atoms with Gasteiger partial charge in [-0.1, -0.05) is 6.42 Å². The summed E-state index contributed by atoms with van der Waals surface area (Å²) >= 11 is 0. The van der Waals surface area contributed by atoms with Crippen molar-refractivity contribution in [1.29, 1.82) is 0 Å². The molecule has 1 aliphatic carbocycles. The minimum Gasteiger partial charge on any atom is -0.423 e. The molecule has 0 aromatic carbocycles. The van der Waals surface area contributed by atoms with E-state index in [0.29, 0.717) is 11.8 Å². The fourth-order valence-electron chi connectivity index (χ4n) is 1.37. The molecule has 0 spiro atoms. The van der Waals surface area contributed by atoms with Crippen LogP contribution >= 0.6 is 0 Å². The average Bonchev–Trinajstić information content (AvgIpc) is 2.49. The van der Waals surface area contributed by atoms with E-state index in [1.165, 1.54) is 19.3 Å². The lowest BCUT2D eigenvalue weighted by Gasteiger charge is -2.20. The van der Waals surface area contributed by atoms with Crippen molar-refractivity contribution in [1.82, 2.24) is 15.5 Å². The fourth-order valence-corrected chi connectivity index (χ4v) is 1.37. The first-order valence-electron chi connectivity index (χ1n) is 4.82. The second-order valence-electron chi connectivity index (χ2n) is 3.62. The molecule has 1 aromatic heterocycles. The molecule has 0 saturated heterocycles. The highest BCUT2D eigenvalue weighted by molar-refractivity contribution is 4.97. The molecule has 72 valence electrons. The Hall–Kier alpha value is -0.900. The van der Waals surface area contributed by atoms with Crippen LogP contribution < -0.4 is 5.32 Å². The van der Waals surface area contributed by atoms with Gasteiger partial charge >= 0.3 is 0 Å². The smallest absolute Gasteiger partial charge is 0.233 e. The second kappa shape index (κ2) is 3.46. The van der Waals surface area contributed by atoms with E-state index in [4.69, 9.17) is 4.42 Å². The van der Waals surface area contributed by atoms with Crippen molar-refractivity contribution in [3.05, 3.63) is 11.8 Å². The summed E-state index contributed by atoms with van der Waals surface area (Å²) in [4.78, 5) is 0. The molecule has 0 aliphatic heterocycles. The fraction of sp³-hybridized carbons (Fsp3) is 0.778. The second-order valence-corrected chi connectivity index (χ2v) is 3.62. The molecule has 4 nitrogen and oxygen atoms in total. The van der Waals surface area contributed by atoms with E-state index in [1.54, 1.807) is 0 Å². The highest BCUT2D eigenvalue weighted by Crippen LogP contribution is 2.35. The van der Waals surface area contributed by atoms with Gasteiger partial charge in [0.05, 0.1) is 6.04 Å². The summed E-state index contributed by atoms with van der Waals surface area (Å²) in [5.41, 5.74) is 0. The highest BCUT2D eigenvalue weighted by atomic mass is 16.4. The van der Waals surface area contributed by atoms with Crippen LogP contribution in [-0.2, 0) is 0 Å². The van der Waals surface area contributed by atoms with Gasteiger partial charge < -0.3 is 9.73 Å². The Balaban J connectivity index is 2.08. The van der Waals surface area contributed by atoms with E-state index in [1.807, 2.05) is 14.0 Å². The van der Waals surface area contributed by atoms with Crippen LogP contribution in [0.3, 0.4) is 0 Å². The van der Waals surface area contributed by atoms with Crippen LogP contribution in [-0.4, -0.2) is 17.2 Å². The van der Waals surface area contributed by atoms with Gasteiger partial charge in [-0.05, 0) is 26.8 Å². The Kier molecular flexibility index (Phi) is 2.31. The first-order chi connectivity index (χ1) is 6.31. The standard InChI is InChI=1S/C9H15N3O/c1-6(10-2)8-11-12-9(13-8)7-4-3-5-7/h6-7,10H,3-5H2,1-2H3. The lowest BCUT2D eigenvalue weighted by molar-refractivity contribution is 0.315. The zero-order chi connectivity index (χ0) is 9.26. The van der Waals surface area contributed by atoms with Crippen molar-refractivity contribution < 1.29 is 4.42 Å². The summed E-state index contributed by atoms with van der Waals surface area (Å²) in [5.74, 6) is 2.05. The molecular weight excluding hydrogens is 166 g/mol. The number of nitrogens with zero attached hydrogens (tertiary/aromatic N) is 2. The molecule has 1 heterocycles. The van der Waals surface area contributed by atoms with E-state index < -0.39 is 0 Å². The molecule has 1 aromatic rings. The van der Waals surface area contributed by atoms with E-state index in [2.05, 4.69) is 15.5 Å². The molecule has 1 atom stereocenters. The molecule has 1 N–H and O–H groups in total. The number of rotatable bonds is 3. The van der Waals surface area contributed by atoms with Crippen LogP contribution in [0, 0.1) is 0 Å². The predicted octanol–water partition coefficient (Wildman–Crippen LogP) is 1.62. The first kappa shape index (κ1) is 8.69. The Morgan fingerprint density at radius 2 is 2.23 bits per heavy atom. The minimum atomic E-state index is 0.154. The summed E-state index contributed by atoms with van der Waals surface area (Å²) in [7, 11) is 1.89. The SMILES string of the molecule is CNC(C)c1nnc(C2CCC2)o1. The molecule has 1 saturated carbocycles. The third-order valence-electron chi connectivity index (χ3n) is 2.71. The maximum Gasteiger partial charge on any atom is 0.233 e. The third-order valence-corrected chi connectivity index (χ3v) is 2.71. The van der Waals surface area contributed by atoms with Crippen LogP contribution in [0.5, 0.6) is 0 Å². The van der Waals surface area contributed by atoms with E-state index in [0.717, 1.165) is 5.89 Å². The Morgan fingerprint density at radius 3 is 2.77 bits per heavy atom. The minimum absolute atomic E-state index is 0.154. The van der Waals surface area contributed by atoms with Gasteiger partial charge in [0.25, 0.3) is 0 Å². The molecule has 1 fully saturated rings. The van der Waals surface area contributed by atoms with Crippen molar-refractivity contribution in [3.8, 4) is 0 Å². The number of nitrogens with one attached hydrogen (secondary N) is 1. The quantitative estimate of drug-likeness (QED) is 0.769. The molecule has 1 unspecified atom stereocenters. The molecule has 0 amide bonds. The van der Waals surface area contributed by atoms with E-state index >= 15 is 0 Å². The predicted molar refractivity (Wildman–Crippen MR) is 48.4 cm³/mol.